The first-order chi connectivity index (χ1) is 7.12. The van der Waals surface area contributed by atoms with Crippen LogP contribution in [0.25, 0.3) is 0 Å². The van der Waals surface area contributed by atoms with Gasteiger partial charge in [0.1, 0.15) is 0 Å². The molecule has 3 nitrogen and oxygen atoms in total. The van der Waals surface area contributed by atoms with Crippen molar-refractivity contribution < 1.29 is 0 Å². The van der Waals surface area contributed by atoms with Crippen LogP contribution in [0, 0.1) is 0 Å². The standard InChI is InChI=1S/C11H19N3S/c1-4-7-14-9(5-6-12-14)10-13-11(2,3)8-15-10/h5-6,10,13H,4,7-8H2,1-3H3. The van der Waals surface area contributed by atoms with Gasteiger partial charge in [0.05, 0.1) is 11.1 Å². The van der Waals surface area contributed by atoms with E-state index in [9.17, 15) is 0 Å². The second kappa shape index (κ2) is 4.18. The van der Waals surface area contributed by atoms with Gasteiger partial charge in [-0.2, -0.15) is 5.10 Å². The Hall–Kier alpha value is -0.480. The molecule has 1 saturated heterocycles. The molecule has 0 aliphatic carbocycles. The van der Waals surface area contributed by atoms with Gasteiger partial charge in [0, 0.05) is 24.0 Å². The molecule has 1 unspecified atom stereocenters. The first-order valence-electron chi connectivity index (χ1n) is 5.53. The lowest BCUT2D eigenvalue weighted by atomic mass is 10.1. The summed E-state index contributed by atoms with van der Waals surface area (Å²) in [5.74, 6) is 1.16. The number of rotatable bonds is 3. The molecule has 0 spiro atoms. The van der Waals surface area contributed by atoms with Crippen LogP contribution in [-0.4, -0.2) is 21.1 Å². The molecular weight excluding hydrogens is 206 g/mol. The van der Waals surface area contributed by atoms with Crippen LogP contribution in [0.5, 0.6) is 0 Å². The van der Waals surface area contributed by atoms with Crippen LogP contribution in [0.1, 0.15) is 38.3 Å². The average molecular weight is 225 g/mol. The van der Waals surface area contributed by atoms with Crippen molar-refractivity contribution in [2.24, 2.45) is 0 Å². The summed E-state index contributed by atoms with van der Waals surface area (Å²) in [6, 6.07) is 2.13. The topological polar surface area (TPSA) is 29.9 Å². The molecule has 1 aromatic heterocycles. The molecule has 84 valence electrons. The zero-order valence-electron chi connectivity index (χ0n) is 9.66. The van der Waals surface area contributed by atoms with E-state index in [1.165, 1.54) is 5.69 Å². The van der Waals surface area contributed by atoms with Gasteiger partial charge in [0.15, 0.2) is 0 Å². The van der Waals surface area contributed by atoms with Crippen molar-refractivity contribution >= 4 is 11.8 Å². The van der Waals surface area contributed by atoms with Crippen molar-refractivity contribution in [3.63, 3.8) is 0 Å². The monoisotopic (exact) mass is 225 g/mol. The van der Waals surface area contributed by atoms with Crippen LogP contribution in [0.4, 0.5) is 0 Å². The van der Waals surface area contributed by atoms with Crippen LogP contribution >= 0.6 is 11.8 Å². The van der Waals surface area contributed by atoms with Gasteiger partial charge < -0.3 is 0 Å². The number of nitrogens with zero attached hydrogens (tertiary/aromatic N) is 2. The summed E-state index contributed by atoms with van der Waals surface area (Å²) < 4.78 is 2.12. The van der Waals surface area contributed by atoms with Gasteiger partial charge in [-0.15, -0.1) is 11.8 Å². The highest BCUT2D eigenvalue weighted by Gasteiger charge is 2.32. The minimum atomic E-state index is 0.247. The maximum atomic E-state index is 4.36. The molecule has 0 aromatic carbocycles. The van der Waals surface area contributed by atoms with Gasteiger partial charge in [-0.3, -0.25) is 10.00 Å². The Kier molecular flexibility index (Phi) is 3.07. The summed E-state index contributed by atoms with van der Waals surface area (Å²) in [6.07, 6.45) is 3.04. The Morgan fingerprint density at radius 3 is 3.07 bits per heavy atom. The number of thioether (sulfide) groups is 1. The second-order valence-electron chi connectivity index (χ2n) is 4.70. The summed E-state index contributed by atoms with van der Waals surface area (Å²) in [5, 5.41) is 8.41. The van der Waals surface area contributed by atoms with Gasteiger partial charge in [0.25, 0.3) is 0 Å². The number of aryl methyl sites for hydroxylation is 1. The Labute approximate surface area is 95.6 Å². The summed E-state index contributed by atoms with van der Waals surface area (Å²) in [4.78, 5) is 0. The highest BCUT2D eigenvalue weighted by molar-refractivity contribution is 7.99. The van der Waals surface area contributed by atoms with E-state index < -0.39 is 0 Å². The zero-order chi connectivity index (χ0) is 10.9. The minimum absolute atomic E-state index is 0.247. The Morgan fingerprint density at radius 1 is 1.67 bits per heavy atom. The lowest BCUT2D eigenvalue weighted by Gasteiger charge is -2.19. The molecule has 1 N–H and O–H groups in total. The summed E-state index contributed by atoms with van der Waals surface area (Å²) >= 11 is 1.98. The molecular formula is C11H19N3S. The van der Waals surface area contributed by atoms with Crippen molar-refractivity contribution in [2.45, 2.75) is 44.6 Å². The quantitative estimate of drug-likeness (QED) is 0.856. The molecule has 2 rings (SSSR count). The van der Waals surface area contributed by atoms with E-state index >= 15 is 0 Å². The first-order valence-corrected chi connectivity index (χ1v) is 6.58. The van der Waals surface area contributed by atoms with Gasteiger partial charge in [-0.05, 0) is 26.3 Å². The fraction of sp³-hybridized carbons (Fsp3) is 0.727. The first kappa shape index (κ1) is 11.0. The van der Waals surface area contributed by atoms with E-state index in [4.69, 9.17) is 0 Å². The Bertz CT molecular complexity index is 332. The van der Waals surface area contributed by atoms with Gasteiger partial charge in [-0.25, -0.2) is 0 Å². The molecule has 15 heavy (non-hydrogen) atoms. The van der Waals surface area contributed by atoms with Crippen molar-refractivity contribution in [2.75, 3.05) is 5.75 Å². The van der Waals surface area contributed by atoms with Crippen molar-refractivity contribution in [1.29, 1.82) is 0 Å². The maximum Gasteiger partial charge on any atom is 0.0963 e. The lowest BCUT2D eigenvalue weighted by Crippen LogP contribution is -2.36. The van der Waals surface area contributed by atoms with Crippen molar-refractivity contribution in [3.8, 4) is 0 Å². The molecule has 0 amide bonds. The van der Waals surface area contributed by atoms with Gasteiger partial charge >= 0.3 is 0 Å². The van der Waals surface area contributed by atoms with Crippen molar-refractivity contribution in [3.05, 3.63) is 18.0 Å². The number of hydrogen-bond acceptors (Lipinski definition) is 3. The van der Waals surface area contributed by atoms with Crippen LogP contribution in [-0.2, 0) is 6.54 Å². The summed E-state index contributed by atoms with van der Waals surface area (Å²) in [5.41, 5.74) is 1.56. The van der Waals surface area contributed by atoms with E-state index in [1.807, 2.05) is 18.0 Å². The third kappa shape index (κ3) is 2.37. The second-order valence-corrected chi connectivity index (χ2v) is 5.79. The summed E-state index contributed by atoms with van der Waals surface area (Å²) in [7, 11) is 0. The Morgan fingerprint density at radius 2 is 2.47 bits per heavy atom. The molecule has 4 heteroatoms. The molecule has 0 saturated carbocycles. The van der Waals surface area contributed by atoms with E-state index in [2.05, 4.69) is 41.9 Å². The summed E-state index contributed by atoms with van der Waals surface area (Å²) in [6.45, 7) is 7.70. The van der Waals surface area contributed by atoms with Crippen LogP contribution in [0.2, 0.25) is 0 Å². The van der Waals surface area contributed by atoms with Gasteiger partial charge in [0.2, 0.25) is 0 Å². The molecule has 1 fully saturated rings. The van der Waals surface area contributed by atoms with E-state index in [0.717, 1.165) is 18.7 Å². The molecule has 2 heterocycles. The fourth-order valence-electron chi connectivity index (χ4n) is 1.85. The van der Waals surface area contributed by atoms with Crippen LogP contribution in [0.15, 0.2) is 12.3 Å². The zero-order valence-corrected chi connectivity index (χ0v) is 10.5. The third-order valence-corrected chi connectivity index (χ3v) is 4.17. The van der Waals surface area contributed by atoms with Crippen LogP contribution in [0.3, 0.4) is 0 Å². The average Bonchev–Trinajstić information content (AvgIpc) is 2.72. The van der Waals surface area contributed by atoms with Crippen LogP contribution < -0.4 is 5.32 Å². The number of aromatic nitrogens is 2. The molecule has 0 bridgehead atoms. The number of hydrogen-bond donors (Lipinski definition) is 1. The Balaban J connectivity index is 2.13. The number of nitrogens with one attached hydrogen (secondary N) is 1. The lowest BCUT2D eigenvalue weighted by molar-refractivity contribution is 0.436. The smallest absolute Gasteiger partial charge is 0.0963 e. The molecule has 1 aliphatic rings. The SMILES string of the molecule is CCCn1nccc1C1NC(C)(C)CS1. The van der Waals surface area contributed by atoms with Crippen molar-refractivity contribution in [1.82, 2.24) is 15.1 Å². The van der Waals surface area contributed by atoms with E-state index in [-0.39, 0.29) is 5.54 Å². The molecule has 0 radical (unpaired) electrons. The fourth-order valence-corrected chi connectivity index (χ4v) is 3.29. The third-order valence-electron chi connectivity index (χ3n) is 2.59. The highest BCUT2D eigenvalue weighted by atomic mass is 32.2. The normalized spacial score (nSPS) is 24.6. The van der Waals surface area contributed by atoms with Gasteiger partial charge in [-0.1, -0.05) is 6.92 Å². The molecule has 1 atom stereocenters. The predicted octanol–water partition coefficient (Wildman–Crippen LogP) is 2.41. The predicted molar refractivity (Wildman–Crippen MR) is 64.9 cm³/mol. The molecule has 1 aromatic rings. The van der Waals surface area contributed by atoms with E-state index in [0.29, 0.717) is 5.37 Å². The van der Waals surface area contributed by atoms with E-state index in [1.54, 1.807) is 0 Å². The maximum absolute atomic E-state index is 4.36. The highest BCUT2D eigenvalue weighted by Crippen LogP contribution is 2.36. The minimum Gasteiger partial charge on any atom is -0.295 e. The molecule has 1 aliphatic heterocycles. The largest absolute Gasteiger partial charge is 0.295 e.